The molecule has 4 rings (SSSR count). The molecule has 2 aromatic carbocycles. The van der Waals surface area contributed by atoms with E-state index in [0.717, 1.165) is 17.1 Å². The Balaban J connectivity index is 1.30. The lowest BCUT2D eigenvalue weighted by molar-refractivity contribution is 0.252. The van der Waals surface area contributed by atoms with Crippen molar-refractivity contribution in [2.75, 3.05) is 14.2 Å². The number of hydrogen-bond donors (Lipinski definition) is 0. The van der Waals surface area contributed by atoms with Crippen LogP contribution >= 0.6 is 11.8 Å². The third-order valence-electron chi connectivity index (χ3n) is 3.97. The fourth-order valence-electron chi connectivity index (χ4n) is 2.48. The predicted octanol–water partition coefficient (Wildman–Crippen LogP) is 4.01. The third kappa shape index (κ3) is 4.90. The first-order valence-electron chi connectivity index (χ1n) is 8.92. The Morgan fingerprint density at radius 2 is 1.57 bits per heavy atom. The fraction of sp³-hybridized carbons (Fsp3) is 0.200. The number of nitrogens with zero attached hydrogens (tertiary/aromatic N) is 4. The lowest BCUT2D eigenvalue weighted by Gasteiger charge is -2.04. The van der Waals surface area contributed by atoms with Crippen LogP contribution in [0.2, 0.25) is 0 Å². The molecular formula is C20H18N4O5S. The van der Waals surface area contributed by atoms with Gasteiger partial charge in [-0.1, -0.05) is 17.8 Å². The highest BCUT2D eigenvalue weighted by Gasteiger charge is 2.13. The lowest BCUT2D eigenvalue weighted by atomic mass is 10.2. The van der Waals surface area contributed by atoms with Crippen LogP contribution in [0.4, 0.5) is 0 Å². The van der Waals surface area contributed by atoms with Gasteiger partial charge in [0.05, 0.1) is 20.0 Å². The van der Waals surface area contributed by atoms with Crippen LogP contribution in [-0.2, 0) is 12.4 Å². The molecule has 0 spiro atoms. The van der Waals surface area contributed by atoms with Gasteiger partial charge in [-0.05, 0) is 42.5 Å². The van der Waals surface area contributed by atoms with E-state index in [-0.39, 0.29) is 6.61 Å². The SMILES string of the molecule is COc1ccc(OCc2nnc(SCc3nnc(-c4cccc(OC)c4)o3)o2)cc1. The highest BCUT2D eigenvalue weighted by atomic mass is 32.2. The van der Waals surface area contributed by atoms with E-state index < -0.39 is 0 Å². The molecule has 4 aromatic rings. The van der Waals surface area contributed by atoms with Gasteiger partial charge in [0.1, 0.15) is 17.2 Å². The summed E-state index contributed by atoms with van der Waals surface area (Å²) in [6.45, 7) is 0.167. The fourth-order valence-corrected chi connectivity index (χ4v) is 3.10. The van der Waals surface area contributed by atoms with Crippen molar-refractivity contribution in [1.29, 1.82) is 0 Å². The van der Waals surface area contributed by atoms with Crippen LogP contribution in [0.1, 0.15) is 11.8 Å². The normalized spacial score (nSPS) is 10.7. The van der Waals surface area contributed by atoms with E-state index >= 15 is 0 Å². The van der Waals surface area contributed by atoms with E-state index in [1.807, 2.05) is 36.4 Å². The summed E-state index contributed by atoms with van der Waals surface area (Å²) in [5, 5.41) is 16.5. The van der Waals surface area contributed by atoms with Gasteiger partial charge >= 0.3 is 0 Å². The van der Waals surface area contributed by atoms with E-state index in [1.54, 1.807) is 26.4 Å². The molecule has 9 nitrogen and oxygen atoms in total. The Labute approximate surface area is 176 Å². The van der Waals surface area contributed by atoms with Crippen molar-refractivity contribution in [2.45, 2.75) is 17.6 Å². The summed E-state index contributed by atoms with van der Waals surface area (Å²) in [5.74, 6) is 3.80. The van der Waals surface area contributed by atoms with E-state index in [9.17, 15) is 0 Å². The van der Waals surface area contributed by atoms with Crippen LogP contribution in [0.15, 0.2) is 62.6 Å². The number of thioether (sulfide) groups is 1. The zero-order chi connectivity index (χ0) is 20.8. The maximum absolute atomic E-state index is 5.70. The number of rotatable bonds is 9. The third-order valence-corrected chi connectivity index (χ3v) is 4.78. The second-order valence-electron chi connectivity index (χ2n) is 5.95. The van der Waals surface area contributed by atoms with Crippen LogP contribution in [0.3, 0.4) is 0 Å². The van der Waals surface area contributed by atoms with Gasteiger partial charge in [0.15, 0.2) is 6.61 Å². The number of benzene rings is 2. The molecule has 0 aliphatic carbocycles. The monoisotopic (exact) mass is 426 g/mol. The summed E-state index contributed by atoms with van der Waals surface area (Å²) >= 11 is 1.30. The van der Waals surface area contributed by atoms with Gasteiger partial charge in [-0.2, -0.15) is 0 Å². The van der Waals surface area contributed by atoms with Gasteiger partial charge in [0, 0.05) is 5.56 Å². The molecule has 154 valence electrons. The molecule has 0 amide bonds. The van der Waals surface area contributed by atoms with Gasteiger partial charge < -0.3 is 23.0 Å². The molecular weight excluding hydrogens is 408 g/mol. The minimum absolute atomic E-state index is 0.167. The Kier molecular flexibility index (Phi) is 6.14. The predicted molar refractivity (Wildman–Crippen MR) is 107 cm³/mol. The van der Waals surface area contributed by atoms with Crippen LogP contribution in [-0.4, -0.2) is 34.6 Å². The maximum Gasteiger partial charge on any atom is 0.277 e. The molecule has 0 N–H and O–H groups in total. The standard InChI is InChI=1S/C20H18N4O5S/c1-25-14-6-8-15(9-7-14)27-11-17-21-24-20(29-17)30-12-18-22-23-19(28-18)13-4-3-5-16(10-13)26-2/h3-10H,11-12H2,1-2H3. The minimum Gasteiger partial charge on any atom is -0.497 e. The van der Waals surface area contributed by atoms with E-state index in [0.29, 0.717) is 34.4 Å². The van der Waals surface area contributed by atoms with Crippen LogP contribution in [0.5, 0.6) is 17.2 Å². The van der Waals surface area contributed by atoms with E-state index in [2.05, 4.69) is 20.4 Å². The number of ether oxygens (including phenoxy) is 3. The van der Waals surface area contributed by atoms with Crippen LogP contribution in [0.25, 0.3) is 11.5 Å². The first kappa shape index (κ1) is 19.8. The molecule has 0 bridgehead atoms. The van der Waals surface area contributed by atoms with Crippen molar-refractivity contribution in [2.24, 2.45) is 0 Å². The first-order chi connectivity index (χ1) is 14.7. The molecule has 2 heterocycles. The number of aromatic nitrogens is 4. The summed E-state index contributed by atoms with van der Waals surface area (Å²) in [5.41, 5.74) is 0.786. The molecule has 0 unspecified atom stereocenters. The first-order valence-corrected chi connectivity index (χ1v) is 9.91. The van der Waals surface area contributed by atoms with Gasteiger partial charge in [-0.25, -0.2) is 0 Å². The van der Waals surface area contributed by atoms with Crippen molar-refractivity contribution >= 4 is 11.8 Å². The van der Waals surface area contributed by atoms with Crippen LogP contribution < -0.4 is 14.2 Å². The highest BCUT2D eigenvalue weighted by molar-refractivity contribution is 7.98. The summed E-state index contributed by atoms with van der Waals surface area (Å²) in [6.07, 6.45) is 0. The zero-order valence-electron chi connectivity index (χ0n) is 16.3. The van der Waals surface area contributed by atoms with Crippen molar-refractivity contribution in [3.8, 4) is 28.7 Å². The van der Waals surface area contributed by atoms with Crippen molar-refractivity contribution in [1.82, 2.24) is 20.4 Å². The molecule has 0 aliphatic rings. The molecule has 30 heavy (non-hydrogen) atoms. The smallest absolute Gasteiger partial charge is 0.277 e. The van der Waals surface area contributed by atoms with Crippen LogP contribution in [0, 0.1) is 0 Å². The van der Waals surface area contributed by atoms with Crippen molar-refractivity contribution in [3.05, 3.63) is 60.3 Å². The van der Waals surface area contributed by atoms with Crippen molar-refractivity contribution < 1.29 is 23.0 Å². The van der Waals surface area contributed by atoms with Gasteiger partial charge in [-0.15, -0.1) is 20.4 Å². The molecule has 0 saturated heterocycles. The molecule has 0 atom stereocenters. The summed E-state index contributed by atoms with van der Waals surface area (Å²) in [7, 11) is 3.22. The molecule has 0 saturated carbocycles. The lowest BCUT2D eigenvalue weighted by Crippen LogP contribution is -1.95. The summed E-state index contributed by atoms with van der Waals surface area (Å²) in [6, 6.07) is 14.7. The van der Waals surface area contributed by atoms with E-state index in [4.69, 9.17) is 23.0 Å². The Morgan fingerprint density at radius 1 is 0.800 bits per heavy atom. The highest BCUT2D eigenvalue weighted by Crippen LogP contribution is 2.26. The molecule has 10 heteroatoms. The Bertz CT molecular complexity index is 1100. The summed E-state index contributed by atoms with van der Waals surface area (Å²) in [4.78, 5) is 0. The number of methoxy groups -OCH3 is 2. The van der Waals surface area contributed by atoms with Gasteiger partial charge in [-0.3, -0.25) is 0 Å². The Morgan fingerprint density at radius 3 is 2.37 bits per heavy atom. The average Bonchev–Trinajstić information content (AvgIpc) is 3.46. The number of hydrogen-bond acceptors (Lipinski definition) is 10. The summed E-state index contributed by atoms with van der Waals surface area (Å²) < 4.78 is 27.2. The largest absolute Gasteiger partial charge is 0.497 e. The van der Waals surface area contributed by atoms with Crippen molar-refractivity contribution in [3.63, 3.8) is 0 Å². The zero-order valence-corrected chi connectivity index (χ0v) is 17.1. The molecule has 2 aromatic heterocycles. The minimum atomic E-state index is 0.167. The Hall–Kier alpha value is -3.53. The maximum atomic E-state index is 5.70. The van der Waals surface area contributed by atoms with Gasteiger partial charge in [0.2, 0.25) is 11.8 Å². The van der Waals surface area contributed by atoms with E-state index in [1.165, 1.54) is 11.8 Å². The second-order valence-corrected chi connectivity index (χ2v) is 6.87. The quantitative estimate of drug-likeness (QED) is 0.364. The average molecular weight is 426 g/mol. The molecule has 0 radical (unpaired) electrons. The molecule has 0 aliphatic heterocycles. The van der Waals surface area contributed by atoms with Gasteiger partial charge in [0.25, 0.3) is 11.1 Å². The second kappa shape index (κ2) is 9.31. The topological polar surface area (TPSA) is 106 Å². The molecule has 0 fully saturated rings.